The zero-order valence-corrected chi connectivity index (χ0v) is 15.9. The lowest BCUT2D eigenvalue weighted by Crippen LogP contribution is -2.54. The zero-order valence-electron chi connectivity index (χ0n) is 15.1. The molecule has 0 atom stereocenters. The van der Waals surface area contributed by atoms with Crippen molar-refractivity contribution in [3.05, 3.63) is 59.0 Å². The van der Waals surface area contributed by atoms with E-state index in [2.05, 4.69) is 5.32 Å². The number of nitrogens with zero attached hydrogens (tertiary/aromatic N) is 1. The van der Waals surface area contributed by atoms with Gasteiger partial charge in [0, 0.05) is 24.2 Å². The van der Waals surface area contributed by atoms with E-state index in [9.17, 15) is 9.59 Å². The lowest BCUT2D eigenvalue weighted by atomic mass is 9.63. The number of amides is 2. The minimum Gasteiger partial charge on any atom is -0.459 e. The second kappa shape index (κ2) is 7.39. The van der Waals surface area contributed by atoms with E-state index < -0.39 is 5.41 Å². The van der Waals surface area contributed by atoms with Crippen molar-refractivity contribution in [2.45, 2.75) is 43.6 Å². The molecule has 0 spiro atoms. The fourth-order valence-corrected chi connectivity index (χ4v) is 4.26. The average molecular weight is 387 g/mol. The van der Waals surface area contributed by atoms with Gasteiger partial charge in [-0.25, -0.2) is 0 Å². The molecule has 0 unspecified atom stereocenters. The predicted octanol–water partition coefficient (Wildman–Crippen LogP) is 3.78. The molecule has 6 heteroatoms. The molecular formula is C21H23ClN2O3. The number of likely N-dealkylation sites (tertiary alicyclic amines) is 1. The van der Waals surface area contributed by atoms with Crippen LogP contribution in [0, 0.1) is 0 Å². The molecule has 27 heavy (non-hydrogen) atoms. The van der Waals surface area contributed by atoms with E-state index in [1.54, 1.807) is 17.0 Å². The van der Waals surface area contributed by atoms with E-state index in [0.29, 0.717) is 23.9 Å². The smallest absolute Gasteiger partial charge is 0.289 e. The number of hydrogen-bond acceptors (Lipinski definition) is 3. The first-order valence-electron chi connectivity index (χ1n) is 9.48. The fourth-order valence-electron chi connectivity index (χ4n) is 4.07. The Labute approximate surface area is 163 Å². The van der Waals surface area contributed by atoms with Crippen molar-refractivity contribution in [3.8, 4) is 0 Å². The van der Waals surface area contributed by atoms with Crippen LogP contribution in [0.4, 0.5) is 0 Å². The Kier molecular flexibility index (Phi) is 4.96. The standard InChI is InChI=1S/C21H23ClN2O3/c22-16-5-1-4-15(14-16)21(9-3-10-21)20(26)23-17-7-11-24(12-8-17)19(25)18-6-2-13-27-18/h1-2,4-6,13-14,17H,3,7-12H2,(H,23,26). The molecule has 5 nitrogen and oxygen atoms in total. The SMILES string of the molecule is O=C(c1ccco1)N1CCC(NC(=O)C2(c3cccc(Cl)c3)CCC2)CC1. The summed E-state index contributed by atoms with van der Waals surface area (Å²) < 4.78 is 5.19. The van der Waals surface area contributed by atoms with Gasteiger partial charge in [0.1, 0.15) is 0 Å². The van der Waals surface area contributed by atoms with Crippen molar-refractivity contribution in [1.29, 1.82) is 0 Å². The van der Waals surface area contributed by atoms with Crippen molar-refractivity contribution >= 4 is 23.4 Å². The van der Waals surface area contributed by atoms with Gasteiger partial charge in [-0.1, -0.05) is 30.2 Å². The highest BCUT2D eigenvalue weighted by molar-refractivity contribution is 6.30. The number of benzene rings is 1. The Balaban J connectivity index is 1.37. The van der Waals surface area contributed by atoms with Crippen molar-refractivity contribution in [2.24, 2.45) is 0 Å². The molecule has 2 aromatic rings. The second-order valence-electron chi connectivity index (χ2n) is 7.46. The summed E-state index contributed by atoms with van der Waals surface area (Å²) in [6.45, 7) is 1.24. The predicted molar refractivity (Wildman–Crippen MR) is 103 cm³/mol. The minimum absolute atomic E-state index is 0.0841. The Morgan fingerprint density at radius 3 is 2.52 bits per heavy atom. The van der Waals surface area contributed by atoms with E-state index in [0.717, 1.165) is 37.7 Å². The van der Waals surface area contributed by atoms with Gasteiger partial charge in [0.2, 0.25) is 5.91 Å². The molecule has 2 aliphatic rings. The summed E-state index contributed by atoms with van der Waals surface area (Å²) in [6, 6.07) is 11.1. The van der Waals surface area contributed by atoms with Gasteiger partial charge in [-0.2, -0.15) is 0 Å². The van der Waals surface area contributed by atoms with E-state index >= 15 is 0 Å². The monoisotopic (exact) mass is 386 g/mol. The number of piperidine rings is 1. The number of hydrogen-bond donors (Lipinski definition) is 1. The van der Waals surface area contributed by atoms with E-state index in [4.69, 9.17) is 16.0 Å². The molecule has 1 aromatic heterocycles. The number of carbonyl (C=O) groups is 2. The molecular weight excluding hydrogens is 364 g/mol. The Bertz CT molecular complexity index is 822. The summed E-state index contributed by atoms with van der Waals surface area (Å²) in [5, 5.41) is 3.89. The van der Waals surface area contributed by atoms with Crippen LogP contribution in [-0.4, -0.2) is 35.8 Å². The van der Waals surface area contributed by atoms with Gasteiger partial charge < -0.3 is 14.6 Å². The maximum absolute atomic E-state index is 13.1. The molecule has 2 heterocycles. The number of carbonyl (C=O) groups excluding carboxylic acids is 2. The van der Waals surface area contributed by atoms with Crippen LogP contribution in [0.5, 0.6) is 0 Å². The Hall–Kier alpha value is -2.27. The van der Waals surface area contributed by atoms with Crippen LogP contribution < -0.4 is 5.32 Å². The molecule has 1 aliphatic heterocycles. The Morgan fingerprint density at radius 1 is 1.15 bits per heavy atom. The van der Waals surface area contributed by atoms with E-state index in [1.807, 2.05) is 24.3 Å². The maximum Gasteiger partial charge on any atom is 0.289 e. The van der Waals surface area contributed by atoms with Gasteiger partial charge >= 0.3 is 0 Å². The quantitative estimate of drug-likeness (QED) is 0.869. The molecule has 1 N–H and O–H groups in total. The molecule has 1 aliphatic carbocycles. The van der Waals surface area contributed by atoms with Crippen LogP contribution >= 0.6 is 11.6 Å². The van der Waals surface area contributed by atoms with Gasteiger partial charge in [-0.3, -0.25) is 9.59 Å². The van der Waals surface area contributed by atoms with Gasteiger partial charge in [0.25, 0.3) is 5.91 Å². The molecule has 4 rings (SSSR count). The van der Waals surface area contributed by atoms with Crippen molar-refractivity contribution in [2.75, 3.05) is 13.1 Å². The average Bonchev–Trinajstić information content (AvgIpc) is 3.15. The summed E-state index contributed by atoms with van der Waals surface area (Å²) in [6.07, 6.45) is 5.78. The molecule has 2 amide bonds. The lowest BCUT2D eigenvalue weighted by molar-refractivity contribution is -0.131. The topological polar surface area (TPSA) is 62.6 Å². The highest BCUT2D eigenvalue weighted by Crippen LogP contribution is 2.44. The van der Waals surface area contributed by atoms with Gasteiger partial charge in [-0.15, -0.1) is 0 Å². The van der Waals surface area contributed by atoms with Crippen LogP contribution in [0.15, 0.2) is 47.1 Å². The van der Waals surface area contributed by atoms with Crippen molar-refractivity contribution in [3.63, 3.8) is 0 Å². The van der Waals surface area contributed by atoms with Crippen LogP contribution in [0.1, 0.15) is 48.2 Å². The zero-order chi connectivity index (χ0) is 18.9. The first kappa shape index (κ1) is 18.1. The van der Waals surface area contributed by atoms with Crippen molar-refractivity contribution < 1.29 is 14.0 Å². The van der Waals surface area contributed by atoms with E-state index in [1.165, 1.54) is 6.26 Å². The van der Waals surface area contributed by atoms with Crippen LogP contribution in [0.25, 0.3) is 0 Å². The minimum atomic E-state index is -0.452. The molecule has 1 saturated carbocycles. The number of halogens is 1. The summed E-state index contributed by atoms with van der Waals surface area (Å²) in [5.74, 6) is 0.373. The first-order valence-corrected chi connectivity index (χ1v) is 9.86. The van der Waals surface area contributed by atoms with Gasteiger partial charge in [0.05, 0.1) is 11.7 Å². The summed E-state index contributed by atoms with van der Waals surface area (Å²) >= 11 is 6.14. The number of rotatable bonds is 4. The largest absolute Gasteiger partial charge is 0.459 e. The number of furan rings is 1. The number of nitrogens with one attached hydrogen (secondary N) is 1. The molecule has 0 radical (unpaired) electrons. The second-order valence-corrected chi connectivity index (χ2v) is 7.90. The fraction of sp³-hybridized carbons (Fsp3) is 0.429. The normalized spacial score (nSPS) is 19.4. The third kappa shape index (κ3) is 3.48. The van der Waals surface area contributed by atoms with Crippen LogP contribution in [0.2, 0.25) is 5.02 Å². The highest BCUT2D eigenvalue weighted by atomic mass is 35.5. The molecule has 1 saturated heterocycles. The Morgan fingerprint density at radius 2 is 1.93 bits per heavy atom. The maximum atomic E-state index is 13.1. The van der Waals surface area contributed by atoms with Crippen LogP contribution in [-0.2, 0) is 10.2 Å². The molecule has 1 aromatic carbocycles. The highest BCUT2D eigenvalue weighted by Gasteiger charge is 2.46. The molecule has 0 bridgehead atoms. The van der Waals surface area contributed by atoms with Gasteiger partial charge in [0.15, 0.2) is 5.76 Å². The lowest BCUT2D eigenvalue weighted by Gasteiger charge is -2.42. The third-order valence-electron chi connectivity index (χ3n) is 5.87. The summed E-state index contributed by atoms with van der Waals surface area (Å²) in [5.41, 5.74) is 0.552. The van der Waals surface area contributed by atoms with Gasteiger partial charge in [-0.05, 0) is 55.5 Å². The molecule has 2 fully saturated rings. The molecule has 142 valence electrons. The van der Waals surface area contributed by atoms with Crippen molar-refractivity contribution in [1.82, 2.24) is 10.2 Å². The van der Waals surface area contributed by atoms with Crippen LogP contribution in [0.3, 0.4) is 0 Å². The summed E-state index contributed by atoms with van der Waals surface area (Å²) in [7, 11) is 0. The summed E-state index contributed by atoms with van der Waals surface area (Å²) in [4.78, 5) is 27.2. The third-order valence-corrected chi connectivity index (χ3v) is 6.10. The first-order chi connectivity index (χ1) is 13.1. The van der Waals surface area contributed by atoms with E-state index in [-0.39, 0.29) is 17.9 Å².